The summed E-state index contributed by atoms with van der Waals surface area (Å²) < 4.78 is 0. The zero-order valence-corrected chi connectivity index (χ0v) is 20.2. The first-order valence-corrected chi connectivity index (χ1v) is 12.8. The molecule has 4 rings (SSSR count). The van der Waals surface area contributed by atoms with Crippen molar-refractivity contribution in [3.63, 3.8) is 0 Å². The molecule has 0 aromatic carbocycles. The number of hydrogen-bond donors (Lipinski definition) is 3. The molecular weight excluding hydrogens is 372 g/mol. The van der Waals surface area contributed by atoms with Crippen molar-refractivity contribution in [1.29, 1.82) is 0 Å². The molecule has 8 atom stereocenters. The highest BCUT2D eigenvalue weighted by Crippen LogP contribution is 2.67. The van der Waals surface area contributed by atoms with Crippen LogP contribution >= 0.6 is 0 Å². The molecule has 0 aromatic heterocycles. The summed E-state index contributed by atoms with van der Waals surface area (Å²) in [6, 6.07) is 0. The second-order valence-electron chi connectivity index (χ2n) is 12.2. The van der Waals surface area contributed by atoms with E-state index in [4.69, 9.17) is 10.5 Å². The normalized spacial score (nSPS) is 43.6. The Morgan fingerprint density at radius 1 is 0.967 bits per heavy atom. The number of allylic oxidation sites excluding steroid dienone is 1. The average Bonchev–Trinajstić information content (AvgIpc) is 3.07. The molecular formula is C27H48O3. The second kappa shape index (κ2) is 9.63. The molecule has 30 heavy (non-hydrogen) atoms. The van der Waals surface area contributed by atoms with E-state index in [9.17, 15) is 5.11 Å². The van der Waals surface area contributed by atoms with Crippen molar-refractivity contribution in [1.82, 2.24) is 0 Å². The number of fused-ring (bicyclic) bond motifs is 5. The molecule has 3 fully saturated rings. The Morgan fingerprint density at radius 2 is 1.70 bits per heavy atom. The molecule has 0 aromatic rings. The first-order chi connectivity index (χ1) is 14.3. The van der Waals surface area contributed by atoms with Crippen molar-refractivity contribution in [2.24, 2.45) is 46.3 Å². The molecule has 174 valence electrons. The minimum absolute atomic E-state index is 0.0766. The van der Waals surface area contributed by atoms with Crippen molar-refractivity contribution in [2.75, 3.05) is 0 Å². The lowest BCUT2D eigenvalue weighted by atomic mass is 9.47. The van der Waals surface area contributed by atoms with Gasteiger partial charge < -0.3 is 5.11 Å². The summed E-state index contributed by atoms with van der Waals surface area (Å²) in [4.78, 5) is 0. The molecule has 0 amide bonds. The highest BCUT2D eigenvalue weighted by Gasteiger charge is 2.59. The Hall–Kier alpha value is -0.380. The zero-order valence-electron chi connectivity index (χ0n) is 20.2. The van der Waals surface area contributed by atoms with Gasteiger partial charge in [0, 0.05) is 0 Å². The van der Waals surface area contributed by atoms with Crippen LogP contribution in [0.3, 0.4) is 0 Å². The van der Waals surface area contributed by atoms with Crippen molar-refractivity contribution in [3.8, 4) is 0 Å². The van der Waals surface area contributed by atoms with E-state index in [-0.39, 0.29) is 6.10 Å². The first-order valence-electron chi connectivity index (χ1n) is 12.8. The maximum Gasteiger partial charge on any atom is 0.0577 e. The fourth-order valence-corrected chi connectivity index (χ4v) is 8.67. The lowest BCUT2D eigenvalue weighted by Crippen LogP contribution is -2.50. The number of aliphatic hydroxyl groups excluding tert-OH is 1. The van der Waals surface area contributed by atoms with E-state index in [0.29, 0.717) is 10.8 Å². The van der Waals surface area contributed by atoms with Crippen molar-refractivity contribution >= 4 is 0 Å². The third-order valence-corrected chi connectivity index (χ3v) is 10.3. The van der Waals surface area contributed by atoms with Crippen molar-refractivity contribution in [3.05, 3.63) is 11.6 Å². The Balaban J connectivity index is 0.00000124. The van der Waals surface area contributed by atoms with Gasteiger partial charge in [-0.1, -0.05) is 65.5 Å². The molecule has 0 radical (unpaired) electrons. The summed E-state index contributed by atoms with van der Waals surface area (Å²) >= 11 is 0. The maximum absolute atomic E-state index is 10.2. The van der Waals surface area contributed by atoms with E-state index in [1.807, 2.05) is 0 Å². The van der Waals surface area contributed by atoms with Gasteiger partial charge in [0.15, 0.2) is 0 Å². The van der Waals surface area contributed by atoms with Gasteiger partial charge in [0.25, 0.3) is 0 Å². The Labute approximate surface area is 185 Å². The fraction of sp³-hybridized carbons (Fsp3) is 0.926. The van der Waals surface area contributed by atoms with E-state index in [1.165, 1.54) is 57.8 Å². The lowest BCUT2D eigenvalue weighted by molar-refractivity contribution is -0.176. The topological polar surface area (TPSA) is 60.7 Å². The molecule has 0 unspecified atom stereocenters. The third kappa shape index (κ3) is 4.28. The van der Waals surface area contributed by atoms with Gasteiger partial charge in [-0.3, -0.25) is 10.5 Å². The lowest BCUT2D eigenvalue weighted by Gasteiger charge is -2.58. The van der Waals surface area contributed by atoms with Crippen LogP contribution in [0.4, 0.5) is 0 Å². The molecule has 3 heteroatoms. The summed E-state index contributed by atoms with van der Waals surface area (Å²) in [5.41, 5.74) is 2.60. The van der Waals surface area contributed by atoms with Gasteiger partial charge >= 0.3 is 0 Å². The summed E-state index contributed by atoms with van der Waals surface area (Å²) in [6.45, 7) is 12.6. The quantitative estimate of drug-likeness (QED) is 0.246. The van der Waals surface area contributed by atoms with Gasteiger partial charge in [-0.05, 0) is 97.7 Å². The summed E-state index contributed by atoms with van der Waals surface area (Å²) in [5, 5.41) is 22.2. The summed E-state index contributed by atoms with van der Waals surface area (Å²) in [6.07, 6.45) is 17.2. The van der Waals surface area contributed by atoms with Gasteiger partial charge in [0.1, 0.15) is 0 Å². The standard InChI is InChI=1S/C27H46O.H2O2/c1-18(2)7-6-8-19(3)23-11-12-24-22-10-9-20-17-21(28)13-15-26(20,4)25(22)14-16-27(23,24)5;1-2/h9,18-19,21-25,28H,6-8,10-17H2,1-5H3;1-2H/t19-,21+,22+,23-,24+,25+,26+,27-;/m1./s1. The molecule has 3 nitrogen and oxygen atoms in total. The monoisotopic (exact) mass is 420 g/mol. The average molecular weight is 421 g/mol. The van der Waals surface area contributed by atoms with Crippen molar-refractivity contribution < 1.29 is 15.6 Å². The van der Waals surface area contributed by atoms with Crippen LogP contribution in [0.2, 0.25) is 0 Å². The van der Waals surface area contributed by atoms with Crippen LogP contribution in [-0.2, 0) is 0 Å². The minimum Gasteiger partial charge on any atom is -0.393 e. The molecule has 3 saturated carbocycles. The Bertz CT molecular complexity index is 599. The summed E-state index contributed by atoms with van der Waals surface area (Å²) in [5.74, 6) is 5.46. The molecule has 0 saturated heterocycles. The SMILES string of the molecule is CC(C)CCC[C@@H](C)[C@H]1CC[C@H]2[C@@H]3CC=C4C[C@@H](O)CC[C@]4(C)[C@H]3CC[C@]12C.OO. The molecule has 0 heterocycles. The van der Waals surface area contributed by atoms with Crippen LogP contribution in [0.15, 0.2) is 11.6 Å². The first kappa shape index (κ1) is 24.3. The summed E-state index contributed by atoms with van der Waals surface area (Å²) in [7, 11) is 0. The predicted octanol–water partition coefficient (Wildman–Crippen LogP) is 7.41. The van der Waals surface area contributed by atoms with Crippen molar-refractivity contribution in [2.45, 2.75) is 111 Å². The molecule has 0 bridgehead atoms. The Morgan fingerprint density at radius 3 is 2.40 bits per heavy atom. The molecule has 0 aliphatic heterocycles. The second-order valence-corrected chi connectivity index (χ2v) is 12.2. The van der Waals surface area contributed by atoms with Crippen LogP contribution in [0.25, 0.3) is 0 Å². The van der Waals surface area contributed by atoms with Crippen LogP contribution in [-0.4, -0.2) is 21.7 Å². The van der Waals surface area contributed by atoms with Crippen LogP contribution in [0.5, 0.6) is 0 Å². The molecule has 0 spiro atoms. The van der Waals surface area contributed by atoms with E-state index >= 15 is 0 Å². The largest absolute Gasteiger partial charge is 0.393 e. The van der Waals surface area contributed by atoms with E-state index in [2.05, 4.69) is 40.7 Å². The molecule has 4 aliphatic rings. The van der Waals surface area contributed by atoms with Crippen LogP contribution < -0.4 is 0 Å². The Kier molecular flexibility index (Phi) is 7.79. The van der Waals surface area contributed by atoms with E-state index in [0.717, 1.165) is 48.3 Å². The van der Waals surface area contributed by atoms with Crippen LogP contribution in [0, 0.1) is 46.3 Å². The van der Waals surface area contributed by atoms with E-state index in [1.54, 1.807) is 5.57 Å². The number of aliphatic hydroxyl groups is 1. The van der Waals surface area contributed by atoms with Gasteiger partial charge in [0.05, 0.1) is 6.10 Å². The number of rotatable bonds is 5. The number of hydrogen-bond acceptors (Lipinski definition) is 3. The fourth-order valence-electron chi connectivity index (χ4n) is 8.67. The van der Waals surface area contributed by atoms with E-state index < -0.39 is 0 Å². The van der Waals surface area contributed by atoms with Crippen LogP contribution in [0.1, 0.15) is 105 Å². The van der Waals surface area contributed by atoms with Gasteiger partial charge in [-0.15, -0.1) is 0 Å². The zero-order chi connectivity index (χ0) is 22.1. The highest BCUT2D eigenvalue weighted by molar-refractivity contribution is 5.25. The van der Waals surface area contributed by atoms with Gasteiger partial charge in [-0.25, -0.2) is 0 Å². The predicted molar refractivity (Wildman–Crippen MR) is 124 cm³/mol. The van der Waals surface area contributed by atoms with Gasteiger partial charge in [0.2, 0.25) is 0 Å². The smallest absolute Gasteiger partial charge is 0.0577 e. The minimum atomic E-state index is -0.0766. The van der Waals surface area contributed by atoms with Gasteiger partial charge in [-0.2, -0.15) is 0 Å². The molecule has 4 aliphatic carbocycles. The third-order valence-electron chi connectivity index (χ3n) is 10.3. The highest BCUT2D eigenvalue weighted by atomic mass is 17.0. The maximum atomic E-state index is 10.2. The molecule has 3 N–H and O–H groups in total.